The summed E-state index contributed by atoms with van der Waals surface area (Å²) in [6.45, 7) is 2.99. The first-order valence-electron chi connectivity index (χ1n) is 9.86. The maximum absolute atomic E-state index is 12.9. The summed E-state index contributed by atoms with van der Waals surface area (Å²) in [5.74, 6) is 1.47. The Labute approximate surface area is 170 Å². The van der Waals surface area contributed by atoms with Crippen LogP contribution in [0.4, 0.5) is 0 Å². The molecule has 0 aliphatic carbocycles. The van der Waals surface area contributed by atoms with Gasteiger partial charge in [0.1, 0.15) is 18.1 Å². The number of para-hydroxylation sites is 1. The van der Waals surface area contributed by atoms with Gasteiger partial charge in [-0.25, -0.2) is 0 Å². The number of aromatic nitrogens is 1. The van der Waals surface area contributed by atoms with Crippen LogP contribution in [-0.2, 0) is 6.61 Å². The number of hydrogen-bond donors (Lipinski definition) is 1. The molecule has 1 aliphatic rings. The van der Waals surface area contributed by atoms with Gasteiger partial charge < -0.3 is 14.8 Å². The topological polar surface area (TPSA) is 60.5 Å². The fourth-order valence-electron chi connectivity index (χ4n) is 3.43. The number of ether oxygens (including phenoxy) is 2. The molecule has 1 aromatic heterocycles. The lowest BCUT2D eigenvalue weighted by Crippen LogP contribution is -2.28. The number of carbonyl (C=O) groups is 1. The first kappa shape index (κ1) is 19.0. The molecule has 5 nitrogen and oxygen atoms in total. The lowest BCUT2D eigenvalue weighted by atomic mass is 10.0. The van der Waals surface area contributed by atoms with Crippen molar-refractivity contribution in [3.05, 3.63) is 89.2 Å². The second kappa shape index (κ2) is 8.78. The minimum Gasteiger partial charge on any atom is -0.493 e. The third kappa shape index (κ3) is 4.74. The number of amides is 1. The number of nitrogens with zero attached hydrogens (tertiary/aromatic N) is 1. The Kier molecular flexibility index (Phi) is 5.75. The minimum atomic E-state index is -0.0921. The van der Waals surface area contributed by atoms with Gasteiger partial charge in [0.2, 0.25) is 0 Å². The predicted octanol–water partition coefficient (Wildman–Crippen LogP) is 4.61. The van der Waals surface area contributed by atoms with Crippen molar-refractivity contribution in [2.45, 2.75) is 32.4 Å². The van der Waals surface area contributed by atoms with Crippen LogP contribution in [0, 0.1) is 6.92 Å². The zero-order valence-electron chi connectivity index (χ0n) is 16.4. The first-order valence-corrected chi connectivity index (χ1v) is 9.86. The van der Waals surface area contributed by atoms with E-state index in [9.17, 15) is 4.79 Å². The molecule has 0 spiro atoms. The van der Waals surface area contributed by atoms with Crippen molar-refractivity contribution in [1.82, 2.24) is 10.3 Å². The van der Waals surface area contributed by atoms with E-state index in [2.05, 4.69) is 10.3 Å². The Balaban J connectivity index is 1.44. The fraction of sp³-hybridized carbons (Fsp3) is 0.250. The molecule has 5 heteroatoms. The quantitative estimate of drug-likeness (QED) is 0.693. The number of nitrogens with one attached hydrogen (secondary N) is 1. The monoisotopic (exact) mass is 388 g/mol. The van der Waals surface area contributed by atoms with Crippen molar-refractivity contribution < 1.29 is 14.3 Å². The number of hydrogen-bond acceptors (Lipinski definition) is 4. The summed E-state index contributed by atoms with van der Waals surface area (Å²) in [7, 11) is 0. The molecule has 0 unspecified atom stereocenters. The maximum atomic E-state index is 12.9. The zero-order valence-corrected chi connectivity index (χ0v) is 16.4. The van der Waals surface area contributed by atoms with Crippen LogP contribution in [0.5, 0.6) is 11.5 Å². The molecular formula is C24H24N2O3. The van der Waals surface area contributed by atoms with E-state index in [1.165, 1.54) is 0 Å². The molecule has 0 bridgehead atoms. The molecule has 148 valence electrons. The third-order valence-corrected chi connectivity index (χ3v) is 4.97. The van der Waals surface area contributed by atoms with Gasteiger partial charge in [0.05, 0.1) is 18.8 Å². The second-order valence-corrected chi connectivity index (χ2v) is 7.18. The van der Waals surface area contributed by atoms with E-state index in [4.69, 9.17) is 9.47 Å². The van der Waals surface area contributed by atoms with E-state index < -0.39 is 0 Å². The van der Waals surface area contributed by atoms with Gasteiger partial charge in [0.15, 0.2) is 0 Å². The highest BCUT2D eigenvalue weighted by Gasteiger charge is 2.21. The molecule has 2 heterocycles. The molecular weight excluding hydrogens is 364 g/mol. The van der Waals surface area contributed by atoms with Crippen LogP contribution in [0.1, 0.15) is 46.1 Å². The van der Waals surface area contributed by atoms with Crippen molar-refractivity contribution in [3.8, 4) is 11.5 Å². The minimum absolute atomic E-state index is 0.0558. The molecule has 0 radical (unpaired) electrons. The summed E-state index contributed by atoms with van der Waals surface area (Å²) < 4.78 is 11.6. The van der Waals surface area contributed by atoms with Gasteiger partial charge >= 0.3 is 0 Å². The number of aryl methyl sites for hydroxylation is 1. The number of rotatable bonds is 5. The summed E-state index contributed by atoms with van der Waals surface area (Å²) in [5.41, 5.74) is 3.53. The number of pyridine rings is 1. The lowest BCUT2D eigenvalue weighted by molar-refractivity contribution is 0.0934. The average molecular weight is 388 g/mol. The van der Waals surface area contributed by atoms with Gasteiger partial charge in [0.25, 0.3) is 5.91 Å². The highest BCUT2D eigenvalue weighted by Crippen LogP contribution is 2.31. The molecule has 4 rings (SSSR count). The largest absolute Gasteiger partial charge is 0.493 e. The lowest BCUT2D eigenvalue weighted by Gasteiger charge is -2.18. The van der Waals surface area contributed by atoms with E-state index in [-0.39, 0.29) is 11.9 Å². The zero-order chi connectivity index (χ0) is 20.1. The summed E-state index contributed by atoms with van der Waals surface area (Å²) in [4.78, 5) is 17.1. The Morgan fingerprint density at radius 2 is 2.07 bits per heavy atom. The molecule has 2 aromatic carbocycles. The molecule has 1 aliphatic heterocycles. The van der Waals surface area contributed by atoms with Crippen LogP contribution in [0.3, 0.4) is 0 Å². The SMILES string of the molecule is Cc1ccc(OCc2cccc(C(=O)N[C@@H]3CCCOc4ccccc43)c2)cn1. The van der Waals surface area contributed by atoms with Crippen LogP contribution < -0.4 is 14.8 Å². The van der Waals surface area contributed by atoms with Crippen LogP contribution in [-0.4, -0.2) is 17.5 Å². The predicted molar refractivity (Wildman–Crippen MR) is 111 cm³/mol. The summed E-state index contributed by atoms with van der Waals surface area (Å²) >= 11 is 0. The molecule has 0 fully saturated rings. The van der Waals surface area contributed by atoms with Gasteiger partial charge in [-0.3, -0.25) is 9.78 Å². The van der Waals surface area contributed by atoms with Gasteiger partial charge in [0, 0.05) is 16.8 Å². The van der Waals surface area contributed by atoms with Crippen molar-refractivity contribution in [2.24, 2.45) is 0 Å². The standard InChI is InChI=1S/C24H24N2O3/c1-17-11-12-20(15-25-17)29-16-18-6-4-7-19(14-18)24(27)26-22-9-5-13-28-23-10-3-2-8-21(22)23/h2-4,6-8,10-12,14-15,22H,5,9,13,16H2,1H3,(H,26,27)/t22-/m1/s1. The number of carbonyl (C=O) groups excluding carboxylic acids is 1. The summed E-state index contributed by atoms with van der Waals surface area (Å²) in [5, 5.41) is 3.17. The van der Waals surface area contributed by atoms with Crippen molar-refractivity contribution in [3.63, 3.8) is 0 Å². The Hall–Kier alpha value is -3.34. The second-order valence-electron chi connectivity index (χ2n) is 7.18. The first-order chi connectivity index (χ1) is 14.2. The fourth-order valence-corrected chi connectivity index (χ4v) is 3.43. The third-order valence-electron chi connectivity index (χ3n) is 4.97. The highest BCUT2D eigenvalue weighted by molar-refractivity contribution is 5.94. The highest BCUT2D eigenvalue weighted by atomic mass is 16.5. The Bertz CT molecular complexity index is 985. The molecule has 0 saturated heterocycles. The maximum Gasteiger partial charge on any atom is 0.251 e. The van der Waals surface area contributed by atoms with Crippen LogP contribution >= 0.6 is 0 Å². The van der Waals surface area contributed by atoms with E-state index >= 15 is 0 Å². The van der Waals surface area contributed by atoms with Crippen LogP contribution in [0.15, 0.2) is 66.9 Å². The van der Waals surface area contributed by atoms with Gasteiger partial charge in [-0.05, 0) is 55.7 Å². The normalized spacial score (nSPS) is 15.6. The van der Waals surface area contributed by atoms with Gasteiger partial charge in [-0.1, -0.05) is 30.3 Å². The molecule has 29 heavy (non-hydrogen) atoms. The van der Waals surface area contributed by atoms with Crippen molar-refractivity contribution >= 4 is 5.91 Å². The summed E-state index contributed by atoms with van der Waals surface area (Å²) in [6, 6.07) is 19.2. The van der Waals surface area contributed by atoms with Crippen LogP contribution in [0.2, 0.25) is 0 Å². The van der Waals surface area contributed by atoms with Gasteiger partial charge in [-0.2, -0.15) is 0 Å². The number of fused-ring (bicyclic) bond motifs is 1. The molecule has 0 saturated carbocycles. The Morgan fingerprint density at radius 3 is 2.93 bits per heavy atom. The molecule has 1 atom stereocenters. The van der Waals surface area contributed by atoms with E-state index in [1.54, 1.807) is 6.20 Å². The number of benzene rings is 2. The Morgan fingerprint density at radius 1 is 1.17 bits per heavy atom. The smallest absolute Gasteiger partial charge is 0.251 e. The van der Waals surface area contributed by atoms with E-state index in [0.717, 1.165) is 35.4 Å². The van der Waals surface area contributed by atoms with Crippen molar-refractivity contribution in [1.29, 1.82) is 0 Å². The van der Waals surface area contributed by atoms with E-state index in [1.807, 2.05) is 67.6 Å². The van der Waals surface area contributed by atoms with Gasteiger partial charge in [-0.15, -0.1) is 0 Å². The van der Waals surface area contributed by atoms with Crippen LogP contribution in [0.25, 0.3) is 0 Å². The molecule has 1 amide bonds. The molecule has 3 aromatic rings. The average Bonchev–Trinajstić information content (AvgIpc) is 2.96. The van der Waals surface area contributed by atoms with E-state index in [0.29, 0.717) is 24.5 Å². The molecule has 1 N–H and O–H groups in total. The van der Waals surface area contributed by atoms with Crippen molar-refractivity contribution in [2.75, 3.05) is 6.61 Å². The summed E-state index contributed by atoms with van der Waals surface area (Å²) in [6.07, 6.45) is 3.46.